The summed E-state index contributed by atoms with van der Waals surface area (Å²) in [5.41, 5.74) is 1.24. The Morgan fingerprint density at radius 1 is 1.21 bits per heavy atom. The van der Waals surface area contributed by atoms with Gasteiger partial charge in [-0.05, 0) is 37.5 Å². The Balaban J connectivity index is 1.73. The van der Waals surface area contributed by atoms with Crippen molar-refractivity contribution >= 4 is 40.5 Å². The van der Waals surface area contributed by atoms with Crippen molar-refractivity contribution < 1.29 is 19.5 Å². The summed E-state index contributed by atoms with van der Waals surface area (Å²) >= 11 is 5.95. The topological polar surface area (TPSA) is 127 Å². The predicted octanol–water partition coefficient (Wildman–Crippen LogP) is 1.84. The summed E-state index contributed by atoms with van der Waals surface area (Å²) in [5.74, 6) is -0.644. The van der Waals surface area contributed by atoms with E-state index in [-0.39, 0.29) is 17.6 Å². The number of H-pyrrole nitrogens is 1. The zero-order chi connectivity index (χ0) is 20.4. The van der Waals surface area contributed by atoms with E-state index in [0.717, 1.165) is 0 Å². The SMILES string of the molecule is CN(C)C(=O)[C@H]1CC[C@H](NC(=O)c2nc3ccc(Cl)cc3[nH]2)[C@H](NC(=O)O)C1. The molecule has 3 atom stereocenters. The Morgan fingerprint density at radius 3 is 2.64 bits per heavy atom. The number of carbonyl (C=O) groups excluding carboxylic acids is 2. The highest BCUT2D eigenvalue weighted by Crippen LogP contribution is 2.26. The molecule has 0 spiro atoms. The average Bonchev–Trinajstić information content (AvgIpc) is 3.05. The highest BCUT2D eigenvalue weighted by Gasteiger charge is 2.36. The van der Waals surface area contributed by atoms with E-state index in [1.807, 2.05) is 0 Å². The van der Waals surface area contributed by atoms with Crippen LogP contribution in [0.4, 0.5) is 4.79 Å². The van der Waals surface area contributed by atoms with Crippen LogP contribution >= 0.6 is 11.6 Å². The van der Waals surface area contributed by atoms with Crippen molar-refractivity contribution in [2.75, 3.05) is 14.1 Å². The van der Waals surface area contributed by atoms with Crippen molar-refractivity contribution in [2.45, 2.75) is 31.3 Å². The first-order valence-corrected chi connectivity index (χ1v) is 9.29. The van der Waals surface area contributed by atoms with E-state index in [9.17, 15) is 14.4 Å². The third-order valence-electron chi connectivity index (χ3n) is 4.92. The van der Waals surface area contributed by atoms with Gasteiger partial charge >= 0.3 is 6.09 Å². The van der Waals surface area contributed by atoms with Crippen molar-refractivity contribution in [1.82, 2.24) is 25.5 Å². The summed E-state index contributed by atoms with van der Waals surface area (Å²) in [5, 5.41) is 14.9. The van der Waals surface area contributed by atoms with E-state index in [2.05, 4.69) is 20.6 Å². The normalized spacial score (nSPS) is 21.9. The lowest BCUT2D eigenvalue weighted by Crippen LogP contribution is -2.55. The molecule has 1 aromatic carbocycles. The van der Waals surface area contributed by atoms with Gasteiger partial charge in [-0.25, -0.2) is 9.78 Å². The van der Waals surface area contributed by atoms with Crippen LogP contribution in [0.25, 0.3) is 11.0 Å². The highest BCUT2D eigenvalue weighted by atomic mass is 35.5. The number of nitrogens with one attached hydrogen (secondary N) is 3. The summed E-state index contributed by atoms with van der Waals surface area (Å²) in [6.45, 7) is 0. The molecule has 9 nitrogen and oxygen atoms in total. The van der Waals surface area contributed by atoms with Crippen molar-refractivity contribution in [3.63, 3.8) is 0 Å². The molecule has 0 aliphatic heterocycles. The van der Waals surface area contributed by atoms with Crippen molar-refractivity contribution in [3.05, 3.63) is 29.0 Å². The standard InChI is InChI=1S/C18H22ClN5O4/c1-24(2)17(26)9-3-5-12(13(7-9)23-18(27)28)22-16(25)15-20-11-6-4-10(19)8-14(11)21-15/h4,6,8-9,12-13,23H,3,5,7H2,1-2H3,(H,20,21)(H,22,25)(H,27,28)/t9-,12-,13+/m0/s1. The number of fused-ring (bicyclic) bond motifs is 1. The van der Waals surface area contributed by atoms with Gasteiger partial charge in [0.05, 0.1) is 17.1 Å². The Hall–Kier alpha value is -2.81. The third kappa shape index (κ3) is 4.36. The van der Waals surface area contributed by atoms with Gasteiger partial charge in [-0.3, -0.25) is 9.59 Å². The Kier molecular flexibility index (Phi) is 5.73. The number of hydrogen-bond donors (Lipinski definition) is 4. The van der Waals surface area contributed by atoms with Crippen LogP contribution in [0, 0.1) is 5.92 Å². The number of amides is 3. The van der Waals surface area contributed by atoms with Gasteiger partial charge in [-0.2, -0.15) is 0 Å². The molecule has 1 heterocycles. The van der Waals surface area contributed by atoms with Gasteiger partial charge in [-0.15, -0.1) is 0 Å². The van der Waals surface area contributed by atoms with Crippen molar-refractivity contribution in [2.24, 2.45) is 5.92 Å². The molecule has 0 saturated heterocycles. The quantitative estimate of drug-likeness (QED) is 0.615. The van der Waals surface area contributed by atoms with Crippen LogP contribution in [0.15, 0.2) is 18.2 Å². The number of aromatic amines is 1. The molecule has 28 heavy (non-hydrogen) atoms. The molecule has 4 N–H and O–H groups in total. The number of carboxylic acid groups (broad SMARTS) is 1. The second-order valence-electron chi connectivity index (χ2n) is 7.13. The Labute approximate surface area is 166 Å². The molecule has 1 aromatic heterocycles. The number of rotatable bonds is 4. The smallest absolute Gasteiger partial charge is 0.404 e. The van der Waals surface area contributed by atoms with E-state index in [4.69, 9.17) is 16.7 Å². The maximum absolute atomic E-state index is 12.6. The maximum Gasteiger partial charge on any atom is 0.404 e. The minimum Gasteiger partial charge on any atom is -0.465 e. The first kappa shape index (κ1) is 19.9. The monoisotopic (exact) mass is 407 g/mol. The van der Waals surface area contributed by atoms with Crippen LogP contribution in [-0.4, -0.2) is 64.1 Å². The zero-order valence-electron chi connectivity index (χ0n) is 15.5. The molecule has 3 amide bonds. The summed E-state index contributed by atoms with van der Waals surface area (Å²) < 4.78 is 0. The lowest BCUT2D eigenvalue weighted by Gasteiger charge is -2.36. The lowest BCUT2D eigenvalue weighted by atomic mass is 9.81. The number of halogens is 1. The second kappa shape index (κ2) is 8.05. The molecule has 1 saturated carbocycles. The van der Waals surface area contributed by atoms with E-state index in [0.29, 0.717) is 35.3 Å². The van der Waals surface area contributed by atoms with Gasteiger partial charge in [0, 0.05) is 31.1 Å². The second-order valence-corrected chi connectivity index (χ2v) is 7.56. The maximum atomic E-state index is 12.6. The van der Waals surface area contributed by atoms with Crippen LogP contribution in [0.1, 0.15) is 29.9 Å². The van der Waals surface area contributed by atoms with E-state index in [1.165, 1.54) is 4.90 Å². The molecule has 1 aliphatic carbocycles. The van der Waals surface area contributed by atoms with Gasteiger partial charge in [0.1, 0.15) is 0 Å². The Morgan fingerprint density at radius 2 is 1.96 bits per heavy atom. The summed E-state index contributed by atoms with van der Waals surface area (Å²) in [4.78, 5) is 44.7. The van der Waals surface area contributed by atoms with E-state index >= 15 is 0 Å². The van der Waals surface area contributed by atoms with Crippen LogP contribution in [-0.2, 0) is 4.79 Å². The van der Waals surface area contributed by atoms with Gasteiger partial charge in [0.2, 0.25) is 5.91 Å². The summed E-state index contributed by atoms with van der Waals surface area (Å²) in [6.07, 6.45) is 0.174. The van der Waals surface area contributed by atoms with Crippen LogP contribution < -0.4 is 10.6 Å². The molecular weight excluding hydrogens is 386 g/mol. The number of hydrogen-bond acceptors (Lipinski definition) is 4. The molecular formula is C18H22ClN5O4. The fourth-order valence-corrected chi connectivity index (χ4v) is 3.75. The first-order valence-electron chi connectivity index (χ1n) is 8.91. The van der Waals surface area contributed by atoms with Crippen LogP contribution in [0.3, 0.4) is 0 Å². The molecule has 0 radical (unpaired) electrons. The number of benzene rings is 1. The molecule has 150 valence electrons. The van der Waals surface area contributed by atoms with Gasteiger partial charge in [-0.1, -0.05) is 11.6 Å². The largest absolute Gasteiger partial charge is 0.465 e. The van der Waals surface area contributed by atoms with Crippen molar-refractivity contribution in [3.8, 4) is 0 Å². The molecule has 1 aliphatic rings. The fourth-order valence-electron chi connectivity index (χ4n) is 3.58. The minimum atomic E-state index is -1.19. The van der Waals surface area contributed by atoms with Gasteiger partial charge in [0.25, 0.3) is 5.91 Å². The molecule has 3 rings (SSSR count). The molecule has 0 bridgehead atoms. The zero-order valence-corrected chi connectivity index (χ0v) is 16.3. The van der Waals surface area contributed by atoms with E-state index in [1.54, 1.807) is 32.3 Å². The third-order valence-corrected chi connectivity index (χ3v) is 5.16. The number of nitrogens with zero attached hydrogens (tertiary/aromatic N) is 2. The summed E-state index contributed by atoms with van der Waals surface area (Å²) in [6, 6.07) is 4.06. The number of aromatic nitrogens is 2. The number of imidazole rings is 1. The van der Waals surface area contributed by atoms with Crippen LogP contribution in [0.5, 0.6) is 0 Å². The minimum absolute atomic E-state index is 0.0453. The number of carbonyl (C=O) groups is 3. The van der Waals surface area contributed by atoms with Gasteiger partial charge in [0.15, 0.2) is 5.82 Å². The van der Waals surface area contributed by atoms with Crippen molar-refractivity contribution in [1.29, 1.82) is 0 Å². The predicted molar refractivity (Wildman–Crippen MR) is 103 cm³/mol. The fraction of sp³-hybridized carbons (Fsp3) is 0.444. The molecule has 10 heteroatoms. The highest BCUT2D eigenvalue weighted by molar-refractivity contribution is 6.31. The average molecular weight is 408 g/mol. The molecule has 0 unspecified atom stereocenters. The van der Waals surface area contributed by atoms with Crippen LogP contribution in [0.2, 0.25) is 5.02 Å². The lowest BCUT2D eigenvalue weighted by molar-refractivity contribution is -0.134. The first-order chi connectivity index (χ1) is 13.2. The Bertz CT molecular complexity index is 913. The van der Waals surface area contributed by atoms with E-state index < -0.39 is 24.1 Å². The summed E-state index contributed by atoms with van der Waals surface area (Å²) in [7, 11) is 3.34. The molecule has 1 fully saturated rings. The van der Waals surface area contributed by atoms with Gasteiger partial charge < -0.3 is 25.6 Å². The molecule has 2 aromatic rings.